The predicted octanol–water partition coefficient (Wildman–Crippen LogP) is 1.70. The summed E-state index contributed by atoms with van der Waals surface area (Å²) in [6.45, 7) is 2.19. The highest BCUT2D eigenvalue weighted by Gasteiger charge is 2.02. The molecule has 1 N–H and O–H groups in total. The summed E-state index contributed by atoms with van der Waals surface area (Å²) >= 11 is 1.68. The molecule has 1 atom stereocenters. The van der Waals surface area contributed by atoms with E-state index < -0.39 is 0 Å². The molecule has 0 aromatic carbocycles. The van der Waals surface area contributed by atoms with E-state index in [1.54, 1.807) is 18.9 Å². The average molecular weight is 213 g/mol. The first-order valence-corrected chi connectivity index (χ1v) is 5.53. The van der Waals surface area contributed by atoms with Crippen LogP contribution in [0.25, 0.3) is 0 Å². The maximum absolute atomic E-state index is 8.85. The topological polar surface area (TPSA) is 42.4 Å². The van der Waals surface area contributed by atoms with Crippen LogP contribution in [0.15, 0.2) is 18.2 Å². The number of aliphatic hydroxyl groups is 1. The van der Waals surface area contributed by atoms with Crippen LogP contribution >= 0.6 is 11.8 Å². The number of nitrogens with zero attached hydrogens (tertiary/aromatic N) is 1. The van der Waals surface area contributed by atoms with Gasteiger partial charge in [0.25, 0.3) is 0 Å². The van der Waals surface area contributed by atoms with Crippen molar-refractivity contribution in [1.82, 2.24) is 4.98 Å². The molecule has 0 fully saturated rings. The summed E-state index contributed by atoms with van der Waals surface area (Å²) in [7, 11) is 1.61. The molecule has 3 nitrogen and oxygen atoms in total. The summed E-state index contributed by atoms with van der Waals surface area (Å²) in [5.74, 6) is 1.44. The lowest BCUT2D eigenvalue weighted by atomic mass is 10.4. The minimum atomic E-state index is 0.203. The quantitative estimate of drug-likeness (QED) is 0.808. The number of hydrogen-bond donors (Lipinski definition) is 1. The zero-order valence-corrected chi connectivity index (χ0v) is 9.25. The van der Waals surface area contributed by atoms with E-state index in [-0.39, 0.29) is 11.9 Å². The third-order valence-corrected chi connectivity index (χ3v) is 2.94. The Morgan fingerprint density at radius 3 is 3.00 bits per heavy atom. The van der Waals surface area contributed by atoms with Crippen molar-refractivity contribution in [2.24, 2.45) is 0 Å². The third-order valence-electron chi connectivity index (χ3n) is 1.76. The second-order valence-electron chi connectivity index (χ2n) is 2.98. The molecular formula is C10H15NO2S. The normalized spacial score (nSPS) is 12.5. The zero-order chi connectivity index (χ0) is 10.4. The van der Waals surface area contributed by atoms with Crippen LogP contribution in [0.4, 0.5) is 0 Å². The van der Waals surface area contributed by atoms with Crippen molar-refractivity contribution in [1.29, 1.82) is 0 Å². The van der Waals surface area contributed by atoms with Gasteiger partial charge in [0.05, 0.1) is 19.4 Å². The molecule has 0 bridgehead atoms. The number of ether oxygens (including phenoxy) is 1. The van der Waals surface area contributed by atoms with E-state index in [1.165, 1.54) is 0 Å². The molecular weight excluding hydrogens is 198 g/mol. The van der Waals surface area contributed by atoms with E-state index in [9.17, 15) is 0 Å². The number of pyridine rings is 1. The van der Waals surface area contributed by atoms with Crippen LogP contribution in [0.5, 0.6) is 5.88 Å². The van der Waals surface area contributed by atoms with E-state index in [1.807, 2.05) is 25.1 Å². The third kappa shape index (κ3) is 3.55. The summed E-state index contributed by atoms with van der Waals surface area (Å²) in [5.41, 5.74) is 0.981. The Balaban J connectivity index is 2.50. The van der Waals surface area contributed by atoms with Crippen LogP contribution < -0.4 is 4.74 Å². The molecule has 14 heavy (non-hydrogen) atoms. The maximum Gasteiger partial charge on any atom is 0.213 e. The first kappa shape index (κ1) is 11.3. The summed E-state index contributed by atoms with van der Waals surface area (Å²) in [6.07, 6.45) is 0. The predicted molar refractivity (Wildman–Crippen MR) is 58.6 cm³/mol. The van der Waals surface area contributed by atoms with Crippen LogP contribution in [0.3, 0.4) is 0 Å². The highest BCUT2D eigenvalue weighted by atomic mass is 32.2. The highest BCUT2D eigenvalue weighted by molar-refractivity contribution is 7.99. The number of thioether (sulfide) groups is 1. The monoisotopic (exact) mass is 213 g/mol. The Morgan fingerprint density at radius 2 is 2.36 bits per heavy atom. The lowest BCUT2D eigenvalue weighted by Crippen LogP contribution is -2.03. The van der Waals surface area contributed by atoms with Crippen molar-refractivity contribution < 1.29 is 9.84 Å². The highest BCUT2D eigenvalue weighted by Crippen LogP contribution is 2.17. The van der Waals surface area contributed by atoms with E-state index in [4.69, 9.17) is 9.84 Å². The van der Waals surface area contributed by atoms with Gasteiger partial charge in [0, 0.05) is 17.1 Å². The van der Waals surface area contributed by atoms with Crippen molar-refractivity contribution in [3.05, 3.63) is 23.9 Å². The van der Waals surface area contributed by atoms with Gasteiger partial charge >= 0.3 is 0 Å². The molecule has 1 rings (SSSR count). The Kier molecular flexibility index (Phi) is 4.76. The van der Waals surface area contributed by atoms with Crippen molar-refractivity contribution >= 4 is 11.8 Å². The van der Waals surface area contributed by atoms with Crippen molar-refractivity contribution in [2.45, 2.75) is 17.9 Å². The van der Waals surface area contributed by atoms with Gasteiger partial charge in [-0.05, 0) is 6.07 Å². The van der Waals surface area contributed by atoms with Gasteiger partial charge in [-0.3, -0.25) is 0 Å². The molecule has 0 radical (unpaired) electrons. The van der Waals surface area contributed by atoms with Gasteiger partial charge in [0.2, 0.25) is 5.88 Å². The van der Waals surface area contributed by atoms with Gasteiger partial charge in [0.1, 0.15) is 0 Å². The number of aliphatic hydroxyl groups excluding tert-OH is 1. The van der Waals surface area contributed by atoms with Crippen LogP contribution in [0.2, 0.25) is 0 Å². The summed E-state index contributed by atoms with van der Waals surface area (Å²) in [4.78, 5) is 4.27. The van der Waals surface area contributed by atoms with E-state index in [0.29, 0.717) is 5.88 Å². The Morgan fingerprint density at radius 1 is 1.57 bits per heavy atom. The molecule has 1 unspecified atom stereocenters. The van der Waals surface area contributed by atoms with E-state index >= 15 is 0 Å². The first-order valence-electron chi connectivity index (χ1n) is 4.48. The lowest BCUT2D eigenvalue weighted by molar-refractivity contribution is 0.300. The molecule has 1 aromatic rings. The molecule has 0 aliphatic rings. The molecule has 0 saturated carbocycles. The van der Waals surface area contributed by atoms with Gasteiger partial charge in [-0.2, -0.15) is 11.8 Å². The molecule has 0 saturated heterocycles. The first-order chi connectivity index (χ1) is 6.76. The minimum absolute atomic E-state index is 0.203. The Hall–Kier alpha value is -0.740. The van der Waals surface area contributed by atoms with Gasteiger partial charge < -0.3 is 9.84 Å². The molecule has 0 amide bonds. The fourth-order valence-electron chi connectivity index (χ4n) is 0.932. The summed E-state index contributed by atoms with van der Waals surface area (Å²) < 4.78 is 5.02. The molecule has 1 aromatic heterocycles. The smallest absolute Gasteiger partial charge is 0.213 e. The summed E-state index contributed by atoms with van der Waals surface area (Å²) in [6, 6.07) is 5.70. The van der Waals surface area contributed by atoms with Crippen LogP contribution in [-0.2, 0) is 5.75 Å². The number of aromatic nitrogens is 1. The zero-order valence-electron chi connectivity index (χ0n) is 8.43. The second kappa shape index (κ2) is 5.88. The van der Waals surface area contributed by atoms with E-state index in [0.717, 1.165) is 11.4 Å². The molecule has 0 aliphatic heterocycles. The maximum atomic E-state index is 8.85. The SMILES string of the molecule is COc1cccc(CSC(C)CO)n1. The van der Waals surface area contributed by atoms with Crippen LogP contribution in [-0.4, -0.2) is 29.1 Å². The molecule has 78 valence electrons. The Labute approximate surface area is 88.5 Å². The largest absolute Gasteiger partial charge is 0.481 e. The van der Waals surface area contributed by atoms with Gasteiger partial charge in [0.15, 0.2) is 0 Å². The average Bonchev–Trinajstić information content (AvgIpc) is 2.26. The number of hydrogen-bond acceptors (Lipinski definition) is 4. The minimum Gasteiger partial charge on any atom is -0.481 e. The van der Waals surface area contributed by atoms with Gasteiger partial charge in [-0.15, -0.1) is 0 Å². The molecule has 4 heteroatoms. The van der Waals surface area contributed by atoms with Crippen LogP contribution in [0.1, 0.15) is 12.6 Å². The summed E-state index contributed by atoms with van der Waals surface area (Å²) in [5, 5.41) is 9.10. The number of rotatable bonds is 5. The molecule has 0 aliphatic carbocycles. The number of methoxy groups -OCH3 is 1. The van der Waals surface area contributed by atoms with Crippen molar-refractivity contribution in [3.8, 4) is 5.88 Å². The van der Waals surface area contributed by atoms with Crippen molar-refractivity contribution in [3.63, 3.8) is 0 Å². The standard InChI is InChI=1S/C10H15NO2S/c1-8(6-12)14-7-9-4-3-5-10(11-9)13-2/h3-5,8,12H,6-7H2,1-2H3. The van der Waals surface area contributed by atoms with Crippen LogP contribution in [0, 0.1) is 0 Å². The van der Waals surface area contributed by atoms with Crippen molar-refractivity contribution in [2.75, 3.05) is 13.7 Å². The van der Waals surface area contributed by atoms with E-state index in [2.05, 4.69) is 4.98 Å². The second-order valence-corrected chi connectivity index (χ2v) is 4.40. The fourth-order valence-corrected chi connectivity index (χ4v) is 1.65. The lowest BCUT2D eigenvalue weighted by Gasteiger charge is -2.07. The van der Waals surface area contributed by atoms with Gasteiger partial charge in [-0.25, -0.2) is 4.98 Å². The fraction of sp³-hybridized carbons (Fsp3) is 0.500. The Bertz CT molecular complexity index is 281. The molecule has 0 spiro atoms. The molecule has 1 heterocycles. The van der Waals surface area contributed by atoms with Gasteiger partial charge in [-0.1, -0.05) is 13.0 Å².